The lowest BCUT2D eigenvalue weighted by Crippen LogP contribution is -2.48. The van der Waals surface area contributed by atoms with Crippen molar-refractivity contribution >= 4 is 35.1 Å². The van der Waals surface area contributed by atoms with Crippen LogP contribution >= 0.6 is 11.6 Å². The SMILES string of the molecule is COc1ccccc1Cc1noc(C2CN(CC(=O)Nc3ccc(F)c(Cl)c3)C2)n1.O=C(O)C(=O)O. The second-order valence-electron chi connectivity index (χ2n) is 7.72. The summed E-state index contributed by atoms with van der Waals surface area (Å²) < 4.78 is 24.0. The Morgan fingerprint density at radius 2 is 1.89 bits per heavy atom. The van der Waals surface area contributed by atoms with E-state index in [4.69, 9.17) is 40.7 Å². The number of benzene rings is 2. The Labute approximate surface area is 209 Å². The van der Waals surface area contributed by atoms with Crippen molar-refractivity contribution in [1.29, 1.82) is 0 Å². The van der Waals surface area contributed by atoms with Gasteiger partial charge in [0.25, 0.3) is 0 Å². The molecule has 2 heterocycles. The number of aromatic nitrogens is 2. The fraction of sp³-hybridized carbons (Fsp3) is 0.261. The van der Waals surface area contributed by atoms with Crippen molar-refractivity contribution in [3.63, 3.8) is 0 Å². The molecule has 1 aliphatic heterocycles. The molecule has 190 valence electrons. The molecule has 36 heavy (non-hydrogen) atoms. The number of likely N-dealkylation sites (tertiary alicyclic amines) is 1. The third-order valence-corrected chi connectivity index (χ3v) is 5.37. The third kappa shape index (κ3) is 7.23. The van der Waals surface area contributed by atoms with Gasteiger partial charge in [-0.25, -0.2) is 14.0 Å². The lowest BCUT2D eigenvalue weighted by Gasteiger charge is -2.36. The Bertz CT molecular complexity index is 1230. The van der Waals surface area contributed by atoms with Crippen molar-refractivity contribution in [2.75, 3.05) is 32.1 Å². The van der Waals surface area contributed by atoms with Crippen molar-refractivity contribution in [3.8, 4) is 5.75 Å². The molecule has 3 N–H and O–H groups in total. The Morgan fingerprint density at radius 3 is 2.53 bits per heavy atom. The van der Waals surface area contributed by atoms with Gasteiger partial charge < -0.3 is 24.8 Å². The summed E-state index contributed by atoms with van der Waals surface area (Å²) in [5, 5.41) is 21.5. The van der Waals surface area contributed by atoms with E-state index < -0.39 is 17.8 Å². The number of nitrogens with one attached hydrogen (secondary N) is 1. The van der Waals surface area contributed by atoms with Gasteiger partial charge in [-0.05, 0) is 24.3 Å². The standard InChI is InChI=1S/C21H20ClFN4O3.C2H2O4/c1-29-18-5-3-2-4-13(18)8-19-25-21(30-26-19)14-10-27(11-14)12-20(28)24-15-6-7-17(23)16(22)9-15;3-1(4)2(5)6/h2-7,9,14H,8,10-12H2,1H3,(H,24,28);(H,3,4)(H,5,6). The highest BCUT2D eigenvalue weighted by molar-refractivity contribution is 6.31. The zero-order chi connectivity index (χ0) is 26.2. The minimum atomic E-state index is -1.82. The number of carbonyl (C=O) groups excluding carboxylic acids is 1. The summed E-state index contributed by atoms with van der Waals surface area (Å²) in [5.41, 5.74) is 1.45. The second kappa shape index (κ2) is 12.1. The molecule has 0 bridgehead atoms. The summed E-state index contributed by atoms with van der Waals surface area (Å²) in [6.45, 7) is 1.51. The number of nitrogens with zero attached hydrogens (tertiary/aromatic N) is 3. The van der Waals surface area contributed by atoms with E-state index in [0.717, 1.165) is 11.3 Å². The van der Waals surface area contributed by atoms with E-state index in [-0.39, 0.29) is 23.4 Å². The first-order chi connectivity index (χ1) is 17.2. The average Bonchev–Trinajstić information content (AvgIpc) is 3.27. The summed E-state index contributed by atoms with van der Waals surface area (Å²) in [6, 6.07) is 11.8. The molecular weight excluding hydrogens is 499 g/mol. The van der Waals surface area contributed by atoms with Gasteiger partial charge in [-0.15, -0.1) is 0 Å². The van der Waals surface area contributed by atoms with Crippen LogP contribution in [0.1, 0.15) is 23.2 Å². The van der Waals surface area contributed by atoms with Crippen LogP contribution in [0.2, 0.25) is 5.02 Å². The van der Waals surface area contributed by atoms with Crippen molar-refractivity contribution in [2.45, 2.75) is 12.3 Å². The van der Waals surface area contributed by atoms with Gasteiger partial charge in [-0.1, -0.05) is 35.0 Å². The highest BCUT2D eigenvalue weighted by Gasteiger charge is 2.33. The van der Waals surface area contributed by atoms with Crippen molar-refractivity contribution in [3.05, 3.63) is 70.6 Å². The monoisotopic (exact) mass is 520 g/mol. The van der Waals surface area contributed by atoms with E-state index in [1.54, 1.807) is 7.11 Å². The van der Waals surface area contributed by atoms with Gasteiger partial charge in [-0.2, -0.15) is 4.98 Å². The summed E-state index contributed by atoms with van der Waals surface area (Å²) in [5.74, 6) is -2.32. The van der Waals surface area contributed by atoms with Gasteiger partial charge in [0, 0.05) is 30.8 Å². The summed E-state index contributed by atoms with van der Waals surface area (Å²) in [4.78, 5) is 36.8. The van der Waals surface area contributed by atoms with E-state index in [2.05, 4.69) is 15.5 Å². The van der Waals surface area contributed by atoms with Gasteiger partial charge in [0.1, 0.15) is 11.6 Å². The molecule has 13 heteroatoms. The lowest BCUT2D eigenvalue weighted by molar-refractivity contribution is -0.159. The molecule has 1 saturated heterocycles. The van der Waals surface area contributed by atoms with Crippen LogP contribution in [0.4, 0.5) is 10.1 Å². The van der Waals surface area contributed by atoms with E-state index in [9.17, 15) is 9.18 Å². The smallest absolute Gasteiger partial charge is 0.414 e. The second-order valence-corrected chi connectivity index (χ2v) is 8.12. The number of hydrogen-bond acceptors (Lipinski definition) is 8. The van der Waals surface area contributed by atoms with Crippen molar-refractivity contribution in [2.24, 2.45) is 0 Å². The van der Waals surface area contributed by atoms with Crippen LogP contribution in [0.5, 0.6) is 5.75 Å². The minimum Gasteiger partial charge on any atom is -0.496 e. The van der Waals surface area contributed by atoms with Gasteiger partial charge in [0.05, 0.1) is 24.6 Å². The number of ether oxygens (including phenoxy) is 1. The Hall–Kier alpha value is -4.03. The average molecular weight is 521 g/mol. The van der Waals surface area contributed by atoms with Crippen LogP contribution < -0.4 is 10.1 Å². The number of anilines is 1. The molecule has 4 rings (SSSR count). The number of carboxylic acid groups (broad SMARTS) is 2. The number of amides is 1. The molecule has 0 atom stereocenters. The van der Waals surface area contributed by atoms with Gasteiger partial charge in [0.15, 0.2) is 5.82 Å². The van der Waals surface area contributed by atoms with Gasteiger partial charge >= 0.3 is 11.9 Å². The first-order valence-electron chi connectivity index (χ1n) is 10.5. The number of halogens is 2. The fourth-order valence-corrected chi connectivity index (χ4v) is 3.54. The molecule has 2 aromatic carbocycles. The van der Waals surface area contributed by atoms with Gasteiger partial charge in [-0.3, -0.25) is 9.69 Å². The topological polar surface area (TPSA) is 155 Å². The summed E-state index contributed by atoms with van der Waals surface area (Å²) in [6.07, 6.45) is 0.520. The predicted octanol–water partition coefficient (Wildman–Crippen LogP) is 2.65. The number of hydrogen-bond donors (Lipinski definition) is 3. The maximum atomic E-state index is 13.2. The molecule has 1 fully saturated rings. The highest BCUT2D eigenvalue weighted by atomic mass is 35.5. The zero-order valence-corrected chi connectivity index (χ0v) is 19.7. The van der Waals surface area contributed by atoms with Crippen LogP contribution in [0, 0.1) is 5.82 Å². The maximum absolute atomic E-state index is 13.2. The van der Waals surface area contributed by atoms with Crippen LogP contribution in [0.3, 0.4) is 0 Å². The molecule has 0 radical (unpaired) electrons. The summed E-state index contributed by atoms with van der Waals surface area (Å²) >= 11 is 5.73. The molecule has 0 unspecified atom stereocenters. The third-order valence-electron chi connectivity index (χ3n) is 5.08. The quantitative estimate of drug-likeness (QED) is 0.396. The van der Waals surface area contributed by atoms with Crippen LogP contribution in [-0.2, 0) is 20.8 Å². The highest BCUT2D eigenvalue weighted by Crippen LogP contribution is 2.27. The summed E-state index contributed by atoms with van der Waals surface area (Å²) in [7, 11) is 1.63. The first kappa shape index (κ1) is 26.6. The molecular formula is C23H22ClFN4O7. The van der Waals surface area contributed by atoms with E-state index in [1.807, 2.05) is 29.2 Å². The van der Waals surface area contributed by atoms with E-state index >= 15 is 0 Å². The normalized spacial score (nSPS) is 13.2. The van der Waals surface area contributed by atoms with E-state index in [1.165, 1.54) is 18.2 Å². The van der Waals surface area contributed by atoms with Crippen LogP contribution in [0.25, 0.3) is 0 Å². The number of carboxylic acids is 2. The molecule has 0 aliphatic carbocycles. The van der Waals surface area contributed by atoms with Crippen molar-refractivity contribution in [1.82, 2.24) is 15.0 Å². The first-order valence-corrected chi connectivity index (χ1v) is 10.9. The lowest BCUT2D eigenvalue weighted by atomic mass is 10.0. The number of methoxy groups -OCH3 is 1. The van der Waals surface area contributed by atoms with Crippen molar-refractivity contribution < 1.29 is 38.2 Å². The maximum Gasteiger partial charge on any atom is 0.414 e. The molecule has 1 aromatic heterocycles. The number of carbonyl (C=O) groups is 3. The Kier molecular flexibility index (Phi) is 8.92. The molecule has 0 saturated carbocycles. The number of rotatable bonds is 7. The number of para-hydroxylation sites is 1. The van der Waals surface area contributed by atoms with Gasteiger partial charge in [0.2, 0.25) is 11.8 Å². The predicted molar refractivity (Wildman–Crippen MR) is 125 cm³/mol. The number of aliphatic carboxylic acids is 2. The minimum absolute atomic E-state index is 0.0304. The molecule has 3 aromatic rings. The Balaban J connectivity index is 0.000000538. The van der Waals surface area contributed by atoms with E-state index in [0.29, 0.717) is 36.9 Å². The fourth-order valence-electron chi connectivity index (χ4n) is 3.36. The van der Waals surface area contributed by atoms with Crippen LogP contribution in [-0.4, -0.2) is 69.8 Å². The molecule has 1 amide bonds. The molecule has 1 aliphatic rings. The molecule has 11 nitrogen and oxygen atoms in total. The zero-order valence-electron chi connectivity index (χ0n) is 19.0. The van der Waals surface area contributed by atoms with Crippen LogP contribution in [0.15, 0.2) is 47.0 Å². The molecule has 0 spiro atoms. The Morgan fingerprint density at radius 1 is 1.19 bits per heavy atom. The largest absolute Gasteiger partial charge is 0.496 e.